The average molecular weight is 211 g/mol. The Balaban J connectivity index is 2.68. The molecule has 1 aliphatic rings. The SMILES string of the molecule is CC1CS(=O)(=O)c2ccccc2N1C. The van der Waals surface area contributed by atoms with Crippen molar-refractivity contribution in [3.63, 3.8) is 0 Å². The Morgan fingerprint density at radius 3 is 2.71 bits per heavy atom. The fourth-order valence-corrected chi connectivity index (χ4v) is 3.62. The number of para-hydroxylation sites is 1. The first kappa shape index (κ1) is 9.52. The van der Waals surface area contributed by atoms with Crippen LogP contribution in [0.2, 0.25) is 0 Å². The molecule has 1 heterocycles. The first-order valence-corrected chi connectivity index (χ1v) is 6.22. The molecule has 76 valence electrons. The van der Waals surface area contributed by atoms with Crippen molar-refractivity contribution in [3.05, 3.63) is 24.3 Å². The van der Waals surface area contributed by atoms with Gasteiger partial charge in [-0.05, 0) is 19.1 Å². The van der Waals surface area contributed by atoms with E-state index in [4.69, 9.17) is 0 Å². The standard InChI is InChI=1S/C10H13NO2S/c1-8-7-14(12,13)10-6-4-3-5-9(10)11(8)2/h3-6,8H,7H2,1-2H3. The lowest BCUT2D eigenvalue weighted by atomic mass is 10.2. The van der Waals surface area contributed by atoms with Crippen molar-refractivity contribution in [1.82, 2.24) is 0 Å². The summed E-state index contributed by atoms with van der Waals surface area (Å²) in [6.07, 6.45) is 0. The Morgan fingerprint density at radius 1 is 1.36 bits per heavy atom. The molecule has 14 heavy (non-hydrogen) atoms. The third kappa shape index (κ3) is 1.30. The van der Waals surface area contributed by atoms with Crippen LogP contribution in [0.25, 0.3) is 0 Å². The van der Waals surface area contributed by atoms with E-state index in [1.807, 2.05) is 31.0 Å². The van der Waals surface area contributed by atoms with Crippen LogP contribution in [0.5, 0.6) is 0 Å². The summed E-state index contributed by atoms with van der Waals surface area (Å²) in [5, 5.41) is 0. The largest absolute Gasteiger partial charge is 0.370 e. The van der Waals surface area contributed by atoms with Gasteiger partial charge < -0.3 is 4.90 Å². The summed E-state index contributed by atoms with van der Waals surface area (Å²) in [6, 6.07) is 7.20. The summed E-state index contributed by atoms with van der Waals surface area (Å²) < 4.78 is 23.6. The Kier molecular flexibility index (Phi) is 2.03. The molecule has 0 fully saturated rings. The highest BCUT2D eigenvalue weighted by Gasteiger charge is 2.30. The average Bonchev–Trinajstić information content (AvgIpc) is 2.14. The van der Waals surface area contributed by atoms with Crippen LogP contribution in [0.4, 0.5) is 5.69 Å². The number of sulfone groups is 1. The second-order valence-electron chi connectivity index (χ2n) is 3.71. The molecule has 0 spiro atoms. The summed E-state index contributed by atoms with van der Waals surface area (Å²) in [5.41, 5.74) is 0.811. The fraction of sp³-hybridized carbons (Fsp3) is 0.400. The third-order valence-electron chi connectivity index (χ3n) is 2.70. The molecule has 0 saturated heterocycles. The molecule has 3 nitrogen and oxygen atoms in total. The van der Waals surface area contributed by atoms with Gasteiger partial charge in [-0.3, -0.25) is 0 Å². The highest BCUT2D eigenvalue weighted by molar-refractivity contribution is 7.91. The van der Waals surface area contributed by atoms with Gasteiger partial charge in [0.25, 0.3) is 0 Å². The molecule has 0 saturated carbocycles. The van der Waals surface area contributed by atoms with Crippen molar-refractivity contribution < 1.29 is 8.42 Å². The Morgan fingerprint density at radius 2 is 2.00 bits per heavy atom. The zero-order valence-corrected chi connectivity index (χ0v) is 9.08. The molecule has 0 aromatic heterocycles. The molecule has 0 bridgehead atoms. The molecule has 0 amide bonds. The predicted octanol–water partition coefficient (Wildman–Crippen LogP) is 1.30. The number of hydrogen-bond donors (Lipinski definition) is 0. The van der Waals surface area contributed by atoms with Crippen molar-refractivity contribution in [2.24, 2.45) is 0 Å². The summed E-state index contributed by atoms with van der Waals surface area (Å²) in [5.74, 6) is 0.209. The second-order valence-corrected chi connectivity index (χ2v) is 5.71. The van der Waals surface area contributed by atoms with Crippen LogP contribution in [0.1, 0.15) is 6.92 Å². The van der Waals surface area contributed by atoms with Crippen LogP contribution in [-0.4, -0.2) is 27.3 Å². The highest BCUT2D eigenvalue weighted by Crippen LogP contribution is 2.31. The fourth-order valence-electron chi connectivity index (χ4n) is 1.77. The van der Waals surface area contributed by atoms with Gasteiger partial charge in [-0.15, -0.1) is 0 Å². The first-order chi connectivity index (χ1) is 6.52. The van der Waals surface area contributed by atoms with Crippen LogP contribution < -0.4 is 4.90 Å². The van der Waals surface area contributed by atoms with Gasteiger partial charge >= 0.3 is 0 Å². The van der Waals surface area contributed by atoms with E-state index in [9.17, 15) is 8.42 Å². The van der Waals surface area contributed by atoms with Crippen LogP contribution in [0.15, 0.2) is 29.2 Å². The van der Waals surface area contributed by atoms with Crippen molar-refractivity contribution >= 4 is 15.5 Å². The smallest absolute Gasteiger partial charge is 0.182 e. The highest BCUT2D eigenvalue weighted by atomic mass is 32.2. The number of hydrogen-bond acceptors (Lipinski definition) is 3. The minimum absolute atomic E-state index is 0.0508. The van der Waals surface area contributed by atoms with Crippen molar-refractivity contribution in [2.75, 3.05) is 17.7 Å². The quantitative estimate of drug-likeness (QED) is 0.649. The van der Waals surface area contributed by atoms with E-state index in [2.05, 4.69) is 0 Å². The van der Waals surface area contributed by atoms with Gasteiger partial charge in [0.05, 0.1) is 16.3 Å². The van der Waals surface area contributed by atoms with E-state index in [0.717, 1.165) is 5.69 Å². The molecule has 0 N–H and O–H groups in total. The normalized spacial score (nSPS) is 24.4. The van der Waals surface area contributed by atoms with Gasteiger partial charge in [0, 0.05) is 13.1 Å². The van der Waals surface area contributed by atoms with E-state index in [1.165, 1.54) is 0 Å². The Bertz CT molecular complexity index is 453. The molecule has 1 aliphatic heterocycles. The Hall–Kier alpha value is -1.03. The zero-order valence-electron chi connectivity index (χ0n) is 8.27. The lowest BCUT2D eigenvalue weighted by Gasteiger charge is -2.33. The molecule has 0 radical (unpaired) electrons. The maximum atomic E-state index is 11.8. The van der Waals surface area contributed by atoms with Gasteiger partial charge in [0.1, 0.15) is 0 Å². The van der Waals surface area contributed by atoms with Crippen LogP contribution in [-0.2, 0) is 9.84 Å². The van der Waals surface area contributed by atoms with E-state index in [-0.39, 0.29) is 11.8 Å². The van der Waals surface area contributed by atoms with Gasteiger partial charge in [-0.25, -0.2) is 8.42 Å². The van der Waals surface area contributed by atoms with E-state index >= 15 is 0 Å². The summed E-state index contributed by atoms with van der Waals surface area (Å²) in [6.45, 7) is 1.92. The van der Waals surface area contributed by atoms with Gasteiger partial charge in [-0.1, -0.05) is 12.1 Å². The van der Waals surface area contributed by atoms with Crippen LogP contribution >= 0.6 is 0 Å². The number of fused-ring (bicyclic) bond motifs is 1. The van der Waals surface area contributed by atoms with Crippen molar-refractivity contribution in [1.29, 1.82) is 0 Å². The summed E-state index contributed by atoms with van der Waals surface area (Å²) >= 11 is 0. The zero-order chi connectivity index (χ0) is 10.3. The number of rotatable bonds is 0. The van der Waals surface area contributed by atoms with Gasteiger partial charge in [-0.2, -0.15) is 0 Å². The summed E-state index contributed by atoms with van der Waals surface area (Å²) in [7, 11) is -1.14. The first-order valence-electron chi connectivity index (χ1n) is 4.57. The summed E-state index contributed by atoms with van der Waals surface area (Å²) in [4.78, 5) is 2.47. The monoisotopic (exact) mass is 211 g/mol. The lowest BCUT2D eigenvalue weighted by molar-refractivity contribution is 0.579. The van der Waals surface area contributed by atoms with Crippen LogP contribution in [0, 0.1) is 0 Å². The third-order valence-corrected chi connectivity index (χ3v) is 4.64. The van der Waals surface area contributed by atoms with Gasteiger partial charge in [0.2, 0.25) is 0 Å². The van der Waals surface area contributed by atoms with Gasteiger partial charge in [0.15, 0.2) is 9.84 Å². The molecule has 0 aliphatic carbocycles. The molecule has 1 unspecified atom stereocenters. The Labute approximate surface area is 84.3 Å². The van der Waals surface area contributed by atoms with E-state index in [1.54, 1.807) is 12.1 Å². The lowest BCUT2D eigenvalue weighted by Crippen LogP contribution is -2.40. The molecule has 4 heteroatoms. The second kappa shape index (κ2) is 2.98. The molecule has 1 atom stereocenters. The number of benzene rings is 1. The maximum Gasteiger partial charge on any atom is 0.182 e. The minimum atomic E-state index is -3.07. The minimum Gasteiger partial charge on any atom is -0.370 e. The number of nitrogens with zero attached hydrogens (tertiary/aromatic N) is 1. The number of anilines is 1. The van der Waals surface area contributed by atoms with Crippen molar-refractivity contribution in [3.8, 4) is 0 Å². The molecule has 2 rings (SSSR count). The topological polar surface area (TPSA) is 37.4 Å². The van der Waals surface area contributed by atoms with Crippen LogP contribution in [0.3, 0.4) is 0 Å². The molecular weight excluding hydrogens is 198 g/mol. The van der Waals surface area contributed by atoms with Crippen molar-refractivity contribution in [2.45, 2.75) is 17.9 Å². The van der Waals surface area contributed by atoms with E-state index in [0.29, 0.717) is 4.90 Å². The molecular formula is C10H13NO2S. The molecule has 1 aromatic rings. The van der Waals surface area contributed by atoms with E-state index < -0.39 is 9.84 Å². The molecule has 1 aromatic carbocycles. The maximum absolute atomic E-state index is 11.8. The predicted molar refractivity (Wildman–Crippen MR) is 56.4 cm³/mol.